The molecule has 8 nitrogen and oxygen atoms in total. The van der Waals surface area contributed by atoms with Gasteiger partial charge in [0, 0.05) is 42.5 Å². The molecule has 0 N–H and O–H groups in total. The van der Waals surface area contributed by atoms with E-state index in [0.717, 1.165) is 35.3 Å². The molecule has 0 atom stereocenters. The quantitative estimate of drug-likeness (QED) is 0.460. The first-order valence-electron chi connectivity index (χ1n) is 11.2. The number of nitrogens with zero attached hydrogens (tertiary/aromatic N) is 6. The lowest BCUT2D eigenvalue weighted by molar-refractivity contribution is -0.132. The van der Waals surface area contributed by atoms with Gasteiger partial charge < -0.3 is 14.5 Å². The maximum atomic E-state index is 12.5. The van der Waals surface area contributed by atoms with E-state index in [9.17, 15) is 4.79 Å². The zero-order valence-electron chi connectivity index (χ0n) is 18.2. The first-order chi connectivity index (χ1) is 16.1. The summed E-state index contributed by atoms with van der Waals surface area (Å²) in [7, 11) is 1.65. The van der Waals surface area contributed by atoms with Crippen LogP contribution in [0.2, 0.25) is 5.02 Å². The summed E-state index contributed by atoms with van der Waals surface area (Å²) in [6, 6.07) is 13.4. The van der Waals surface area contributed by atoms with Gasteiger partial charge in [-0.15, -0.1) is 10.2 Å². The smallest absolute Gasteiger partial charge is 0.225 e. The summed E-state index contributed by atoms with van der Waals surface area (Å²) >= 11 is 6.28. The largest absolute Gasteiger partial charge is 0.496 e. The molecule has 6 rings (SSSR count). The molecule has 4 aromatic rings. The highest BCUT2D eigenvalue weighted by Gasteiger charge is 2.35. The highest BCUT2D eigenvalue weighted by molar-refractivity contribution is 6.31. The summed E-state index contributed by atoms with van der Waals surface area (Å²) in [5, 5.41) is 10.6. The molecule has 1 aliphatic carbocycles. The fourth-order valence-corrected chi connectivity index (χ4v) is 4.69. The Balaban J connectivity index is 1.49. The van der Waals surface area contributed by atoms with Crippen LogP contribution in [0.1, 0.15) is 12.8 Å². The van der Waals surface area contributed by atoms with Gasteiger partial charge in [0.05, 0.1) is 18.2 Å². The minimum absolute atomic E-state index is 0.235. The summed E-state index contributed by atoms with van der Waals surface area (Å²) in [4.78, 5) is 21.7. The van der Waals surface area contributed by atoms with E-state index in [4.69, 9.17) is 21.3 Å². The van der Waals surface area contributed by atoms with Crippen LogP contribution >= 0.6 is 11.6 Å². The van der Waals surface area contributed by atoms with E-state index in [1.807, 2.05) is 51.8 Å². The number of piperazine rings is 1. The predicted octanol–water partition coefficient (Wildman–Crippen LogP) is 3.67. The molecule has 168 valence electrons. The first kappa shape index (κ1) is 20.2. The Morgan fingerprint density at radius 3 is 2.61 bits per heavy atom. The summed E-state index contributed by atoms with van der Waals surface area (Å²) in [6.07, 6.45) is 2.05. The fourth-order valence-electron chi connectivity index (χ4n) is 4.52. The van der Waals surface area contributed by atoms with Gasteiger partial charge in [-0.25, -0.2) is 9.38 Å². The molecule has 0 bridgehead atoms. The Kier molecular flexibility index (Phi) is 4.83. The number of hydrogen-bond acceptors (Lipinski definition) is 6. The van der Waals surface area contributed by atoms with Gasteiger partial charge in [0.1, 0.15) is 5.75 Å². The number of anilines is 1. The van der Waals surface area contributed by atoms with E-state index in [2.05, 4.69) is 15.1 Å². The number of carbonyl (C=O) groups excluding carboxylic acids is 1. The summed E-state index contributed by atoms with van der Waals surface area (Å²) in [5.74, 6) is 2.65. The molecule has 2 aromatic heterocycles. The lowest BCUT2D eigenvalue weighted by Crippen LogP contribution is -2.50. The molecule has 2 fully saturated rings. The third-order valence-corrected chi connectivity index (χ3v) is 6.67. The number of aromatic nitrogens is 4. The van der Waals surface area contributed by atoms with E-state index >= 15 is 0 Å². The number of ether oxygens (including phenoxy) is 1. The molecular weight excluding hydrogens is 440 g/mol. The Morgan fingerprint density at radius 1 is 1.06 bits per heavy atom. The van der Waals surface area contributed by atoms with Crippen molar-refractivity contribution in [1.82, 2.24) is 24.5 Å². The van der Waals surface area contributed by atoms with Gasteiger partial charge in [0.25, 0.3) is 0 Å². The number of fused-ring (bicyclic) bond motifs is 3. The van der Waals surface area contributed by atoms with Crippen molar-refractivity contribution in [2.24, 2.45) is 5.92 Å². The summed E-state index contributed by atoms with van der Waals surface area (Å²) in [5.41, 5.74) is 2.32. The van der Waals surface area contributed by atoms with Crippen LogP contribution in [0.25, 0.3) is 27.9 Å². The van der Waals surface area contributed by atoms with Crippen molar-refractivity contribution in [3.05, 3.63) is 47.5 Å². The number of halogens is 1. The number of carbonyl (C=O) groups is 1. The molecule has 1 saturated carbocycles. The molecular formula is C24H23ClN6O2. The predicted molar refractivity (Wildman–Crippen MR) is 127 cm³/mol. The Bertz CT molecular complexity index is 1370. The van der Waals surface area contributed by atoms with Crippen molar-refractivity contribution in [3.8, 4) is 17.1 Å². The van der Waals surface area contributed by atoms with E-state index in [1.54, 1.807) is 7.11 Å². The molecule has 3 heterocycles. The molecule has 33 heavy (non-hydrogen) atoms. The van der Waals surface area contributed by atoms with Crippen molar-refractivity contribution in [1.29, 1.82) is 0 Å². The van der Waals surface area contributed by atoms with Crippen LogP contribution in [-0.4, -0.2) is 63.7 Å². The Hall–Kier alpha value is -3.39. The van der Waals surface area contributed by atoms with Gasteiger partial charge in [-0.1, -0.05) is 23.7 Å². The maximum Gasteiger partial charge on any atom is 0.225 e. The zero-order chi connectivity index (χ0) is 22.5. The molecule has 0 radical (unpaired) electrons. The van der Waals surface area contributed by atoms with Crippen LogP contribution in [0.3, 0.4) is 0 Å². The molecule has 2 aromatic carbocycles. The lowest BCUT2D eigenvalue weighted by Gasteiger charge is -2.35. The summed E-state index contributed by atoms with van der Waals surface area (Å²) < 4.78 is 7.59. The van der Waals surface area contributed by atoms with E-state index in [-0.39, 0.29) is 11.8 Å². The Morgan fingerprint density at radius 2 is 1.85 bits per heavy atom. The SMILES string of the molecule is COc1ccccc1-c1nnc2c3ccc(Cl)cc3nc(N3CCN(C(=O)C4CC4)CC3)n12. The third kappa shape index (κ3) is 3.45. The van der Waals surface area contributed by atoms with Crippen LogP contribution in [-0.2, 0) is 4.79 Å². The van der Waals surface area contributed by atoms with Crippen molar-refractivity contribution in [3.63, 3.8) is 0 Å². The van der Waals surface area contributed by atoms with Crippen molar-refractivity contribution in [2.75, 3.05) is 38.2 Å². The number of rotatable bonds is 4. The number of methoxy groups -OCH3 is 1. The molecule has 1 saturated heterocycles. The molecule has 2 aliphatic rings. The standard InChI is InChI=1S/C24H23ClN6O2/c1-33-20-5-3-2-4-18(20)22-28-27-21-17-9-8-16(25)14-19(17)26-24(31(21)22)30-12-10-29(11-13-30)23(32)15-6-7-15/h2-5,8-9,14-15H,6-7,10-13H2,1H3. The van der Waals surface area contributed by atoms with Crippen molar-refractivity contribution < 1.29 is 9.53 Å². The average Bonchev–Trinajstić information content (AvgIpc) is 3.61. The summed E-state index contributed by atoms with van der Waals surface area (Å²) in [6.45, 7) is 2.74. The molecule has 0 spiro atoms. The van der Waals surface area contributed by atoms with Crippen LogP contribution in [0.4, 0.5) is 5.95 Å². The van der Waals surface area contributed by atoms with E-state index < -0.39 is 0 Å². The zero-order valence-corrected chi connectivity index (χ0v) is 19.0. The second-order valence-electron chi connectivity index (χ2n) is 8.54. The van der Waals surface area contributed by atoms with Crippen LogP contribution in [0, 0.1) is 5.92 Å². The second-order valence-corrected chi connectivity index (χ2v) is 8.98. The fraction of sp³-hybridized carbons (Fsp3) is 0.333. The monoisotopic (exact) mass is 462 g/mol. The number of para-hydroxylation sites is 1. The molecule has 0 unspecified atom stereocenters. The van der Waals surface area contributed by atoms with Gasteiger partial charge in [0.15, 0.2) is 11.5 Å². The lowest BCUT2D eigenvalue weighted by atomic mass is 10.2. The average molecular weight is 463 g/mol. The maximum absolute atomic E-state index is 12.5. The molecule has 1 aliphatic heterocycles. The normalized spacial score (nSPS) is 16.5. The first-order valence-corrected chi connectivity index (χ1v) is 11.5. The number of hydrogen-bond donors (Lipinski definition) is 0. The van der Waals surface area contributed by atoms with E-state index in [0.29, 0.717) is 48.4 Å². The molecule has 1 amide bonds. The highest BCUT2D eigenvalue weighted by Crippen LogP contribution is 2.35. The number of amides is 1. The minimum atomic E-state index is 0.235. The highest BCUT2D eigenvalue weighted by atomic mass is 35.5. The van der Waals surface area contributed by atoms with Gasteiger partial charge in [0.2, 0.25) is 11.9 Å². The minimum Gasteiger partial charge on any atom is -0.496 e. The third-order valence-electron chi connectivity index (χ3n) is 6.43. The van der Waals surface area contributed by atoms with Gasteiger partial charge in [-0.05, 0) is 43.2 Å². The van der Waals surface area contributed by atoms with Gasteiger partial charge >= 0.3 is 0 Å². The Labute approximate surface area is 195 Å². The van der Waals surface area contributed by atoms with Crippen LogP contribution in [0.15, 0.2) is 42.5 Å². The van der Waals surface area contributed by atoms with Crippen molar-refractivity contribution in [2.45, 2.75) is 12.8 Å². The van der Waals surface area contributed by atoms with Crippen LogP contribution in [0.5, 0.6) is 5.75 Å². The van der Waals surface area contributed by atoms with Crippen molar-refractivity contribution >= 4 is 40.0 Å². The van der Waals surface area contributed by atoms with E-state index in [1.165, 1.54) is 0 Å². The number of benzene rings is 2. The second kappa shape index (κ2) is 7.88. The van der Waals surface area contributed by atoms with Gasteiger partial charge in [-0.3, -0.25) is 4.79 Å². The van der Waals surface area contributed by atoms with Crippen LogP contribution < -0.4 is 9.64 Å². The molecule has 9 heteroatoms. The topological polar surface area (TPSA) is 75.9 Å². The van der Waals surface area contributed by atoms with Gasteiger partial charge in [-0.2, -0.15) is 0 Å².